The van der Waals surface area contributed by atoms with Gasteiger partial charge in [0.25, 0.3) is 0 Å². The van der Waals surface area contributed by atoms with Crippen LogP contribution in [0.1, 0.15) is 19.4 Å². The molecule has 0 radical (unpaired) electrons. The highest BCUT2D eigenvalue weighted by molar-refractivity contribution is 7.98. The number of fused-ring (bicyclic) bond motifs is 1. The third-order valence-electron chi connectivity index (χ3n) is 4.15. The highest BCUT2D eigenvalue weighted by Crippen LogP contribution is 2.26. The fourth-order valence-corrected chi connectivity index (χ4v) is 3.59. The van der Waals surface area contributed by atoms with Gasteiger partial charge in [0.05, 0.1) is 6.33 Å². The summed E-state index contributed by atoms with van der Waals surface area (Å²) in [4.78, 5) is 36.5. The largest absolute Gasteiger partial charge is 0.480 e. The molecular formula is C19H21N5O3S. The van der Waals surface area contributed by atoms with Crippen molar-refractivity contribution < 1.29 is 14.7 Å². The number of imidazole rings is 1. The van der Waals surface area contributed by atoms with E-state index in [4.69, 9.17) is 0 Å². The quantitative estimate of drug-likeness (QED) is 0.442. The summed E-state index contributed by atoms with van der Waals surface area (Å²) in [5.74, 6) is -0.933. The van der Waals surface area contributed by atoms with E-state index in [1.54, 1.807) is 30.2 Å². The minimum atomic E-state index is -1.05. The maximum atomic E-state index is 12.3. The van der Waals surface area contributed by atoms with E-state index in [2.05, 4.69) is 20.3 Å². The lowest BCUT2D eigenvalue weighted by Crippen LogP contribution is -2.45. The van der Waals surface area contributed by atoms with Crippen molar-refractivity contribution in [1.82, 2.24) is 24.8 Å². The van der Waals surface area contributed by atoms with Gasteiger partial charge in [0.1, 0.15) is 29.5 Å². The van der Waals surface area contributed by atoms with Crippen molar-refractivity contribution in [3.63, 3.8) is 0 Å². The molecule has 0 fully saturated rings. The lowest BCUT2D eigenvalue weighted by molar-refractivity contribution is -0.143. The predicted octanol–water partition coefficient (Wildman–Crippen LogP) is 2.34. The second-order valence-corrected chi connectivity index (χ2v) is 7.59. The molecule has 28 heavy (non-hydrogen) atoms. The van der Waals surface area contributed by atoms with E-state index in [9.17, 15) is 14.7 Å². The minimum absolute atomic E-state index is 0.0627. The Balaban J connectivity index is 1.73. The van der Waals surface area contributed by atoms with Crippen LogP contribution in [0, 0.1) is 5.92 Å². The molecule has 9 heteroatoms. The SMILES string of the molecule is CC(C)[C@H](NC(=O)Cn1cnc2c(SCc3ccccc3)ncnc21)C(=O)O. The molecule has 0 aliphatic heterocycles. The van der Waals surface area contributed by atoms with Crippen molar-refractivity contribution in [3.8, 4) is 0 Å². The van der Waals surface area contributed by atoms with Crippen LogP contribution in [0.3, 0.4) is 0 Å². The van der Waals surface area contributed by atoms with E-state index >= 15 is 0 Å². The number of rotatable bonds is 8. The van der Waals surface area contributed by atoms with Crippen LogP contribution in [-0.4, -0.2) is 42.5 Å². The number of hydrogen-bond acceptors (Lipinski definition) is 6. The van der Waals surface area contributed by atoms with Gasteiger partial charge >= 0.3 is 5.97 Å². The first-order chi connectivity index (χ1) is 13.5. The molecule has 0 unspecified atom stereocenters. The first-order valence-corrected chi connectivity index (χ1v) is 9.79. The third-order valence-corrected chi connectivity index (χ3v) is 5.20. The van der Waals surface area contributed by atoms with Crippen molar-refractivity contribution in [2.24, 2.45) is 5.92 Å². The van der Waals surface area contributed by atoms with E-state index < -0.39 is 17.9 Å². The molecule has 3 rings (SSSR count). The topological polar surface area (TPSA) is 110 Å². The molecule has 0 aliphatic carbocycles. The molecule has 0 saturated carbocycles. The van der Waals surface area contributed by atoms with E-state index in [1.165, 1.54) is 18.2 Å². The normalized spacial score (nSPS) is 12.2. The summed E-state index contributed by atoms with van der Waals surface area (Å²) < 4.78 is 1.60. The Kier molecular flexibility index (Phi) is 6.25. The number of nitrogens with zero attached hydrogens (tertiary/aromatic N) is 4. The van der Waals surface area contributed by atoms with Crippen LogP contribution < -0.4 is 5.32 Å². The van der Waals surface area contributed by atoms with E-state index in [-0.39, 0.29) is 12.5 Å². The summed E-state index contributed by atoms with van der Waals surface area (Å²) in [6, 6.07) is 9.09. The van der Waals surface area contributed by atoms with Crippen LogP contribution >= 0.6 is 11.8 Å². The number of carboxylic acids is 1. The molecule has 2 aromatic heterocycles. The summed E-state index contributed by atoms with van der Waals surface area (Å²) in [6.45, 7) is 3.43. The average Bonchev–Trinajstić information content (AvgIpc) is 3.08. The van der Waals surface area contributed by atoms with Crippen LogP contribution in [-0.2, 0) is 21.9 Å². The third kappa shape index (κ3) is 4.66. The Hall–Kier alpha value is -2.94. The van der Waals surface area contributed by atoms with Crippen molar-refractivity contribution in [2.45, 2.75) is 37.2 Å². The maximum absolute atomic E-state index is 12.3. The fourth-order valence-electron chi connectivity index (χ4n) is 2.69. The monoisotopic (exact) mass is 399 g/mol. The second kappa shape index (κ2) is 8.83. The first kappa shape index (κ1) is 19.8. The van der Waals surface area contributed by atoms with E-state index in [0.29, 0.717) is 11.2 Å². The van der Waals surface area contributed by atoms with Crippen LogP contribution in [0.5, 0.6) is 0 Å². The average molecular weight is 399 g/mol. The number of amides is 1. The molecular weight excluding hydrogens is 378 g/mol. The first-order valence-electron chi connectivity index (χ1n) is 8.80. The Morgan fingerprint density at radius 3 is 2.61 bits per heavy atom. The molecule has 0 aliphatic rings. The van der Waals surface area contributed by atoms with E-state index in [0.717, 1.165) is 10.8 Å². The lowest BCUT2D eigenvalue weighted by atomic mass is 10.1. The number of carbonyl (C=O) groups is 2. The van der Waals surface area contributed by atoms with Gasteiger partial charge in [-0.15, -0.1) is 0 Å². The van der Waals surface area contributed by atoms with Gasteiger partial charge in [0.15, 0.2) is 5.65 Å². The summed E-state index contributed by atoms with van der Waals surface area (Å²) in [7, 11) is 0. The van der Waals surface area contributed by atoms with Gasteiger partial charge in [-0.3, -0.25) is 4.79 Å². The molecule has 2 N–H and O–H groups in total. The van der Waals surface area contributed by atoms with Crippen molar-refractivity contribution in [2.75, 3.05) is 0 Å². The standard InChI is InChI=1S/C19H21N5O3S/c1-12(2)15(19(26)27)23-14(25)8-24-11-22-16-17(24)20-10-21-18(16)28-9-13-6-4-3-5-7-13/h3-7,10-12,15H,8-9H2,1-2H3,(H,23,25)(H,26,27)/t15-/m0/s1. The molecule has 0 bridgehead atoms. The molecule has 1 amide bonds. The minimum Gasteiger partial charge on any atom is -0.480 e. The van der Waals surface area contributed by atoms with Crippen LogP contribution in [0.2, 0.25) is 0 Å². The second-order valence-electron chi connectivity index (χ2n) is 6.63. The van der Waals surface area contributed by atoms with Gasteiger partial charge in [0.2, 0.25) is 5.91 Å². The van der Waals surface area contributed by atoms with Gasteiger partial charge in [-0.25, -0.2) is 19.7 Å². The van der Waals surface area contributed by atoms with Gasteiger partial charge < -0.3 is 15.0 Å². The molecule has 0 saturated heterocycles. The summed E-state index contributed by atoms with van der Waals surface area (Å²) in [6.07, 6.45) is 2.97. The van der Waals surface area contributed by atoms with Crippen molar-refractivity contribution in [1.29, 1.82) is 0 Å². The number of thioether (sulfide) groups is 1. The molecule has 0 spiro atoms. The fraction of sp³-hybridized carbons (Fsp3) is 0.316. The van der Waals surface area contributed by atoms with Crippen LogP contribution in [0.25, 0.3) is 11.2 Å². The zero-order valence-electron chi connectivity index (χ0n) is 15.6. The smallest absolute Gasteiger partial charge is 0.326 e. The van der Waals surface area contributed by atoms with Crippen molar-refractivity contribution in [3.05, 3.63) is 48.5 Å². The predicted molar refractivity (Wildman–Crippen MR) is 106 cm³/mol. The van der Waals surface area contributed by atoms with Gasteiger partial charge in [-0.2, -0.15) is 0 Å². The number of carbonyl (C=O) groups excluding carboxylic acids is 1. The van der Waals surface area contributed by atoms with Gasteiger partial charge in [-0.1, -0.05) is 55.9 Å². The number of carboxylic acid groups (broad SMARTS) is 1. The molecule has 2 heterocycles. The Morgan fingerprint density at radius 2 is 1.93 bits per heavy atom. The van der Waals surface area contributed by atoms with Gasteiger partial charge in [-0.05, 0) is 11.5 Å². The zero-order valence-corrected chi connectivity index (χ0v) is 16.4. The number of aromatic nitrogens is 4. The number of aliphatic carboxylic acids is 1. The van der Waals surface area contributed by atoms with Crippen LogP contribution in [0.15, 0.2) is 48.0 Å². The summed E-state index contributed by atoms with van der Waals surface area (Å²) >= 11 is 1.55. The van der Waals surface area contributed by atoms with Gasteiger partial charge in [0, 0.05) is 5.75 Å². The lowest BCUT2D eigenvalue weighted by Gasteiger charge is -2.18. The highest BCUT2D eigenvalue weighted by Gasteiger charge is 2.24. The Labute approximate surface area is 166 Å². The molecule has 8 nitrogen and oxygen atoms in total. The highest BCUT2D eigenvalue weighted by atomic mass is 32.2. The molecule has 1 atom stereocenters. The van der Waals surface area contributed by atoms with Crippen molar-refractivity contribution >= 4 is 34.8 Å². The number of nitrogens with one attached hydrogen (secondary N) is 1. The summed E-state index contributed by atoms with van der Waals surface area (Å²) in [5.41, 5.74) is 2.33. The Bertz CT molecular complexity index is 974. The summed E-state index contributed by atoms with van der Waals surface area (Å²) in [5, 5.41) is 12.5. The van der Waals surface area contributed by atoms with Crippen LogP contribution in [0.4, 0.5) is 0 Å². The molecule has 1 aromatic carbocycles. The maximum Gasteiger partial charge on any atom is 0.326 e. The number of benzene rings is 1. The zero-order chi connectivity index (χ0) is 20.1. The molecule has 3 aromatic rings. The Morgan fingerprint density at radius 1 is 1.18 bits per heavy atom. The molecule has 146 valence electrons. The van der Waals surface area contributed by atoms with E-state index in [1.807, 2.05) is 30.3 Å². The number of hydrogen-bond donors (Lipinski definition) is 2.